The van der Waals surface area contributed by atoms with Gasteiger partial charge in [-0.2, -0.15) is 9.97 Å². The van der Waals surface area contributed by atoms with Crippen molar-refractivity contribution in [1.29, 1.82) is 2.67 Å². The maximum absolute atomic E-state index is 13.0. The number of carbonyl (C=O) groups excluding carboxylic acids is 3. The molecule has 0 aliphatic carbocycles. The first-order valence-corrected chi connectivity index (χ1v) is 26.7. The molecule has 3 amide bonds. The Morgan fingerprint density at radius 1 is 0.711 bits per heavy atom. The molecule has 83 heavy (non-hydrogen) atoms. The Morgan fingerprint density at radius 3 is 1.53 bits per heavy atom. The topological polar surface area (TPSA) is 252 Å². The molecular weight excluding hydrogens is 1380 g/mol. The molecular formula is C55H63BCl4FN12O9U. The van der Waals surface area contributed by atoms with Gasteiger partial charge in [0.25, 0.3) is 17.7 Å². The average Bonchev–Trinajstić information content (AvgIpc) is 2.73. The summed E-state index contributed by atoms with van der Waals surface area (Å²) in [4.78, 5) is 74.1. The fourth-order valence-corrected chi connectivity index (χ4v) is 9.70. The van der Waals surface area contributed by atoms with Crippen molar-refractivity contribution in [3.05, 3.63) is 127 Å². The minimum Gasteiger partial charge on any atom is -0.495 e. The molecule has 2 fully saturated rings. The molecule has 0 spiro atoms. The van der Waals surface area contributed by atoms with Gasteiger partial charge in [0.2, 0.25) is 23.7 Å². The van der Waals surface area contributed by atoms with Crippen LogP contribution in [0.15, 0.2) is 73.1 Å². The Hall–Kier alpha value is -6.19. The monoisotopic (exact) mass is 1450 g/mol. The molecule has 1 radical (unpaired) electrons. The number of anilines is 4. The number of fused-ring (bicyclic) bond motifs is 2. The number of halogens is 5. The van der Waals surface area contributed by atoms with E-state index in [2.05, 4.69) is 59.8 Å². The van der Waals surface area contributed by atoms with Gasteiger partial charge in [0, 0.05) is 70.4 Å². The summed E-state index contributed by atoms with van der Waals surface area (Å²) in [7, 11) is 10.0. The third-order valence-electron chi connectivity index (χ3n) is 13.4. The molecule has 0 atom stereocenters. The Bertz CT molecular complexity index is 3340. The summed E-state index contributed by atoms with van der Waals surface area (Å²) in [5.74, 6) is -0.0881. The Labute approximate surface area is 530 Å². The quantitative estimate of drug-likeness (QED) is 0.0676. The van der Waals surface area contributed by atoms with E-state index < -0.39 is 13.1 Å². The number of nitrogens with two attached hydrogens (primary N) is 1. The summed E-state index contributed by atoms with van der Waals surface area (Å²) in [6.07, 6.45) is 6.84. The summed E-state index contributed by atoms with van der Waals surface area (Å²) in [6, 6.07) is 17.1. The first-order valence-electron chi connectivity index (χ1n) is 27.0. The Kier molecular flexibility index (Phi) is 23.5. The van der Waals surface area contributed by atoms with Crippen molar-refractivity contribution in [2.45, 2.75) is 50.9 Å². The van der Waals surface area contributed by atoms with E-state index in [1.807, 2.05) is 18.2 Å². The Balaban J connectivity index is 0.000000257. The van der Waals surface area contributed by atoms with Crippen LogP contribution >= 0.6 is 46.4 Å². The van der Waals surface area contributed by atoms with Crippen LogP contribution in [0, 0.1) is 31.1 Å². The molecule has 0 unspecified atom stereocenters. The number of carbonyl (C=O) groups is 4. The first kappa shape index (κ1) is 62.8. The zero-order chi connectivity index (χ0) is 62.1. The number of aromatic carboxylic acids is 1. The van der Waals surface area contributed by atoms with Gasteiger partial charge in [-0.15, -0.1) is 0 Å². The number of nitrogens with zero attached hydrogens (tertiary/aromatic N) is 8. The van der Waals surface area contributed by atoms with Crippen molar-refractivity contribution in [3.63, 3.8) is 0 Å². The smallest absolute Gasteiger partial charge is 0.337 e. The SMILES string of the molecule is CN1CCC(N)CC1.COc1cc(C(=O)NC2CCN(C)CC2)c(Cl)cc1Nc1ncc(Cl)c(Oc2cccc3c2C(=O)N(C)C3)n1.COc1cc(C(=O)O)c(Cl)cc1Nc1ncc(Cl)c(Oc2cccc3c2C(=O)N(C)C3)n1.[2H]CF.[3H][B][3H].[U]. The molecule has 4 aliphatic rings. The van der Waals surface area contributed by atoms with E-state index in [0.717, 1.165) is 37.1 Å². The number of rotatable bonds is 13. The van der Waals surface area contributed by atoms with Crippen molar-refractivity contribution in [2.24, 2.45) is 5.73 Å². The van der Waals surface area contributed by atoms with Gasteiger partial charge in [-0.3, -0.25) is 18.8 Å². The van der Waals surface area contributed by atoms with Crippen molar-refractivity contribution in [2.75, 3.05) is 86.4 Å². The van der Waals surface area contributed by atoms with Gasteiger partial charge in [-0.1, -0.05) is 70.7 Å². The number of ether oxygens (including phenoxy) is 4. The minimum absolute atomic E-state index is 0. The first-order chi connectivity index (χ1) is 40.6. The molecule has 10 rings (SSSR count). The van der Waals surface area contributed by atoms with E-state index in [1.54, 1.807) is 54.2 Å². The van der Waals surface area contributed by atoms with E-state index in [4.69, 9.17) is 75.1 Å². The number of methoxy groups -OCH3 is 2. The van der Waals surface area contributed by atoms with Crippen LogP contribution in [0.4, 0.5) is 27.7 Å². The van der Waals surface area contributed by atoms with E-state index in [-0.39, 0.29) is 110 Å². The summed E-state index contributed by atoms with van der Waals surface area (Å²) < 4.78 is 49.6. The van der Waals surface area contributed by atoms with Gasteiger partial charge in [-0.25, -0.2) is 14.8 Å². The number of benzene rings is 4. The van der Waals surface area contributed by atoms with E-state index >= 15 is 0 Å². The number of likely N-dealkylation sites (tertiary alicyclic amines) is 2. The summed E-state index contributed by atoms with van der Waals surface area (Å²) in [5.41, 5.74) is 9.30. The number of hydrogen-bond acceptors (Lipinski definition) is 17. The molecule has 4 aliphatic heterocycles. The number of alkyl halides is 1. The fraction of sp³-hybridized carbons (Fsp3) is 0.345. The third kappa shape index (κ3) is 17.0. The van der Waals surface area contributed by atoms with Gasteiger partial charge in [0.05, 0.1) is 87.2 Å². The van der Waals surface area contributed by atoms with Gasteiger partial charge in [0.1, 0.15) is 33.0 Å². The standard InChI is InChI=1S/C27H28Cl2N6O4.C21H16Cl2N4O5.C6H14N2.CH3F.BH2.U/c1-34-9-7-16(8-10-34)31-24(36)17-11-22(38-3)20(12-18(17)28)32-27-30-13-19(29)25(33-27)39-21-6-4-5-15-14-35(2)26(37)23(15)21;1-27-9-10-4-3-5-15(17(10)19(27)28)32-18-13(23)8-24-21(26-18)25-14-7-12(22)11(20(29)30)6-16(14)31-2;1-8-4-2-6(7)3-5-8;1-2;;/h4-6,11-13,16H,7-10,14H2,1-3H3,(H,31,36)(H,30,32,33);3-8H,9H2,1-2H3,(H,29,30)(H,24,25,26);6H,2-5,7H2,1H3;1H3;1H2;/i;;;1D;1T2;. The van der Waals surface area contributed by atoms with Crippen molar-refractivity contribution in [3.8, 4) is 34.8 Å². The van der Waals surface area contributed by atoms with E-state index in [9.17, 15) is 28.7 Å². The zero-order valence-electron chi connectivity index (χ0n) is 49.2. The average molecular weight is 1450 g/mol. The molecule has 6 N–H and O–H groups in total. The number of hydrogen-bond donors (Lipinski definition) is 5. The number of piperidine rings is 2. The van der Waals surface area contributed by atoms with E-state index in [0.29, 0.717) is 72.8 Å². The van der Waals surface area contributed by atoms with Crippen LogP contribution in [0.3, 0.4) is 0 Å². The van der Waals surface area contributed by atoms with Gasteiger partial charge in [-0.05, 0) is 116 Å². The van der Waals surface area contributed by atoms with Gasteiger partial charge >= 0.3 is 5.97 Å². The normalized spacial score (nSPS) is 15.2. The predicted molar refractivity (Wildman–Crippen MR) is 317 cm³/mol. The maximum atomic E-state index is 13.0. The molecule has 21 nitrogen and oxygen atoms in total. The molecule has 4 aromatic carbocycles. The van der Waals surface area contributed by atoms with Crippen molar-refractivity contribution < 1.29 is 80.1 Å². The summed E-state index contributed by atoms with van der Waals surface area (Å²) in [6.45, 7) is 5.21. The van der Waals surface area contributed by atoms with Crippen LogP contribution < -0.4 is 40.6 Å². The molecule has 2 aromatic heterocycles. The predicted octanol–water partition coefficient (Wildman–Crippen LogP) is 9.06. The van der Waals surface area contributed by atoms with Crippen LogP contribution in [0.5, 0.6) is 34.8 Å². The van der Waals surface area contributed by atoms with E-state index in [1.165, 1.54) is 64.7 Å². The number of nitrogens with one attached hydrogen (secondary N) is 3. The molecule has 6 aromatic rings. The maximum Gasteiger partial charge on any atom is 0.337 e. The van der Waals surface area contributed by atoms with Crippen LogP contribution in [0.2, 0.25) is 20.1 Å². The molecule has 0 saturated carbocycles. The molecule has 0 bridgehead atoms. The fourth-order valence-electron chi connectivity index (χ4n) is 8.95. The largest absolute Gasteiger partial charge is 0.495 e. The second-order valence-electron chi connectivity index (χ2n) is 19.1. The molecule has 439 valence electrons. The Morgan fingerprint density at radius 2 is 1.12 bits per heavy atom. The van der Waals surface area contributed by atoms with Gasteiger partial charge < -0.3 is 65.3 Å². The van der Waals surface area contributed by atoms with Crippen LogP contribution in [-0.2, 0) is 13.1 Å². The molecule has 2 saturated heterocycles. The molecule has 6 heterocycles. The minimum atomic E-state index is -1.19. The van der Waals surface area contributed by atoms with Crippen LogP contribution in [0.25, 0.3) is 0 Å². The van der Waals surface area contributed by atoms with Crippen LogP contribution in [0.1, 0.15) is 79.6 Å². The number of carboxylic acid groups (broad SMARTS) is 1. The molecule has 28 heteroatoms. The number of aromatic nitrogens is 4. The summed E-state index contributed by atoms with van der Waals surface area (Å²) >= 11 is 25.1. The summed E-state index contributed by atoms with van der Waals surface area (Å²) in [5, 5.41) is 18.8. The second-order valence-corrected chi connectivity index (χ2v) is 20.7. The zero-order valence-corrected chi connectivity index (χ0v) is 53.4. The second kappa shape index (κ2) is 31.1. The third-order valence-corrected chi connectivity index (χ3v) is 14.5. The van der Waals surface area contributed by atoms with Crippen molar-refractivity contribution in [1.82, 2.24) is 44.9 Å². The van der Waals surface area contributed by atoms with Crippen LogP contribution in [-0.4, -0.2) is 167 Å². The number of amides is 3. The number of carboxylic acids is 1. The van der Waals surface area contributed by atoms with Crippen molar-refractivity contribution >= 4 is 102 Å². The van der Waals surface area contributed by atoms with Gasteiger partial charge in [0.15, 0.2) is 0 Å².